The highest BCUT2D eigenvalue weighted by atomic mass is 32.2. The van der Waals surface area contributed by atoms with Crippen LogP contribution in [0, 0.1) is 0 Å². The molecule has 13 heteroatoms. The Labute approximate surface area is 263 Å². The van der Waals surface area contributed by atoms with Crippen LogP contribution in [0.1, 0.15) is 45.5 Å². The van der Waals surface area contributed by atoms with Crippen molar-refractivity contribution in [2.75, 3.05) is 13.2 Å². The SMILES string of the molecule is CCOC(=O)c1cccc(COc2ccc(C3=NN(/C(N)=N/S(=O)(=O)c4cccc(C(F)(F)F)c4)CC3c3ccccc3)cc2)c1. The van der Waals surface area contributed by atoms with Crippen molar-refractivity contribution in [1.82, 2.24) is 5.01 Å². The summed E-state index contributed by atoms with van der Waals surface area (Å²) in [7, 11) is -4.58. The first-order valence-corrected chi connectivity index (χ1v) is 15.6. The van der Waals surface area contributed by atoms with E-state index in [1.165, 1.54) is 5.01 Å². The van der Waals surface area contributed by atoms with Crippen LogP contribution >= 0.6 is 0 Å². The average molecular weight is 651 g/mol. The van der Waals surface area contributed by atoms with Crippen LogP contribution in [0.15, 0.2) is 118 Å². The van der Waals surface area contributed by atoms with Crippen molar-refractivity contribution >= 4 is 27.7 Å². The fourth-order valence-electron chi connectivity index (χ4n) is 4.80. The van der Waals surface area contributed by atoms with Crippen LogP contribution in [0.3, 0.4) is 0 Å². The van der Waals surface area contributed by atoms with Crippen LogP contribution in [0.2, 0.25) is 0 Å². The van der Waals surface area contributed by atoms with Crippen LogP contribution in [0.4, 0.5) is 13.2 Å². The van der Waals surface area contributed by atoms with Gasteiger partial charge in [0.1, 0.15) is 12.4 Å². The Morgan fingerprint density at radius 3 is 2.39 bits per heavy atom. The Bertz CT molecular complexity index is 1880. The lowest BCUT2D eigenvalue weighted by atomic mass is 9.90. The lowest BCUT2D eigenvalue weighted by molar-refractivity contribution is -0.137. The standard InChI is InChI=1S/C33H29F3N4O5S/c1-2-44-31(41)25-11-6-8-22(18-25)21-45-27-16-14-24(15-17-27)30-29(23-9-4-3-5-10-23)20-40(38-30)32(37)39-46(42,43)28-13-7-12-26(19-28)33(34,35)36/h3-19,29H,2,20-21H2,1H3,(H2,37,39). The second-order valence-electron chi connectivity index (χ2n) is 10.2. The average Bonchev–Trinajstić information content (AvgIpc) is 3.50. The van der Waals surface area contributed by atoms with Gasteiger partial charge in [0.05, 0.1) is 34.9 Å². The molecule has 2 N–H and O–H groups in total. The number of benzene rings is 4. The van der Waals surface area contributed by atoms with Crippen molar-refractivity contribution in [2.45, 2.75) is 30.5 Å². The van der Waals surface area contributed by atoms with Crippen LogP contribution < -0.4 is 10.5 Å². The third kappa shape index (κ3) is 7.54. The van der Waals surface area contributed by atoms with E-state index in [4.69, 9.17) is 15.2 Å². The van der Waals surface area contributed by atoms with Crippen molar-refractivity contribution in [1.29, 1.82) is 0 Å². The maximum absolute atomic E-state index is 13.2. The Hall–Kier alpha value is -5.17. The topological polar surface area (TPSA) is 124 Å². The number of nitrogens with two attached hydrogens (primary N) is 1. The first-order valence-electron chi connectivity index (χ1n) is 14.1. The molecule has 0 amide bonds. The number of sulfonamides is 1. The van der Waals surface area contributed by atoms with E-state index < -0.39 is 38.6 Å². The molecule has 5 rings (SSSR count). The molecule has 1 aliphatic heterocycles. The van der Waals surface area contributed by atoms with Gasteiger partial charge in [-0.15, -0.1) is 4.40 Å². The molecule has 0 aliphatic carbocycles. The number of carbonyl (C=O) groups is 1. The molecule has 1 aliphatic rings. The highest BCUT2D eigenvalue weighted by Gasteiger charge is 2.33. The van der Waals surface area contributed by atoms with Gasteiger partial charge in [0.25, 0.3) is 10.0 Å². The largest absolute Gasteiger partial charge is 0.489 e. The van der Waals surface area contributed by atoms with Crippen molar-refractivity contribution in [2.24, 2.45) is 15.2 Å². The van der Waals surface area contributed by atoms with Crippen LogP contribution in [0.25, 0.3) is 0 Å². The van der Waals surface area contributed by atoms with Crippen LogP contribution in [-0.4, -0.2) is 44.2 Å². The quantitative estimate of drug-likeness (QED) is 0.135. The lowest BCUT2D eigenvalue weighted by Gasteiger charge is -2.16. The first-order chi connectivity index (χ1) is 21.9. The predicted octanol–water partition coefficient (Wildman–Crippen LogP) is 5.97. The summed E-state index contributed by atoms with van der Waals surface area (Å²) in [4.78, 5) is 11.4. The summed E-state index contributed by atoms with van der Waals surface area (Å²) >= 11 is 0. The van der Waals surface area contributed by atoms with Gasteiger partial charge in [0, 0.05) is 5.92 Å². The fraction of sp³-hybridized carbons (Fsp3) is 0.182. The molecule has 0 saturated carbocycles. The summed E-state index contributed by atoms with van der Waals surface area (Å²) in [5, 5.41) is 5.80. The number of rotatable bonds is 9. The third-order valence-electron chi connectivity index (χ3n) is 7.05. The molecular formula is C33H29F3N4O5S. The molecule has 0 radical (unpaired) electrons. The fourth-order valence-corrected chi connectivity index (χ4v) is 5.77. The molecule has 1 unspecified atom stereocenters. The van der Waals surface area contributed by atoms with E-state index in [1.54, 1.807) is 49.4 Å². The predicted molar refractivity (Wildman–Crippen MR) is 166 cm³/mol. The summed E-state index contributed by atoms with van der Waals surface area (Å²) in [5.41, 5.74) is 8.36. The summed E-state index contributed by atoms with van der Waals surface area (Å²) in [6.45, 7) is 2.37. The molecule has 4 aromatic carbocycles. The van der Waals surface area contributed by atoms with Crippen molar-refractivity contribution in [3.05, 3.63) is 131 Å². The zero-order valence-electron chi connectivity index (χ0n) is 24.5. The molecule has 1 atom stereocenters. The zero-order chi connectivity index (χ0) is 32.9. The normalized spacial score (nSPS) is 15.4. The highest BCUT2D eigenvalue weighted by molar-refractivity contribution is 7.90. The van der Waals surface area contributed by atoms with E-state index in [9.17, 15) is 26.4 Å². The van der Waals surface area contributed by atoms with Gasteiger partial charge in [-0.25, -0.2) is 9.80 Å². The zero-order valence-corrected chi connectivity index (χ0v) is 25.3. The van der Waals surface area contributed by atoms with Gasteiger partial charge in [-0.1, -0.05) is 48.5 Å². The minimum Gasteiger partial charge on any atom is -0.489 e. The molecule has 9 nitrogen and oxygen atoms in total. The minimum atomic E-state index is -4.73. The molecule has 0 fully saturated rings. The lowest BCUT2D eigenvalue weighted by Crippen LogP contribution is -2.33. The van der Waals surface area contributed by atoms with Crippen molar-refractivity contribution in [3.8, 4) is 5.75 Å². The summed E-state index contributed by atoms with van der Waals surface area (Å²) < 4.78 is 80.0. The minimum absolute atomic E-state index is 0.141. The highest BCUT2D eigenvalue weighted by Crippen LogP contribution is 2.32. The molecule has 0 aromatic heterocycles. The van der Waals surface area contributed by atoms with Gasteiger partial charge in [0.15, 0.2) is 0 Å². The number of guanidine groups is 1. The first kappa shape index (κ1) is 32.2. The maximum Gasteiger partial charge on any atom is 0.416 e. The summed E-state index contributed by atoms with van der Waals surface area (Å²) in [6.07, 6.45) is -4.73. The van der Waals surface area contributed by atoms with Crippen LogP contribution in [-0.2, 0) is 27.5 Å². The maximum atomic E-state index is 13.2. The van der Waals surface area contributed by atoms with E-state index in [0.29, 0.717) is 28.7 Å². The van der Waals surface area contributed by atoms with Gasteiger partial charge in [-0.3, -0.25) is 0 Å². The van der Waals surface area contributed by atoms with Crippen molar-refractivity contribution < 1.29 is 35.9 Å². The Balaban J connectivity index is 1.37. The molecule has 4 aromatic rings. The van der Waals surface area contributed by atoms with E-state index in [0.717, 1.165) is 29.3 Å². The molecule has 0 spiro atoms. The molecule has 0 saturated heterocycles. The molecular weight excluding hydrogens is 621 g/mol. The van der Waals surface area contributed by atoms with Gasteiger partial charge < -0.3 is 15.2 Å². The van der Waals surface area contributed by atoms with Crippen molar-refractivity contribution in [3.63, 3.8) is 0 Å². The number of alkyl halides is 3. The monoisotopic (exact) mass is 650 g/mol. The number of halogens is 3. The van der Waals surface area contributed by atoms with Gasteiger partial charge >= 0.3 is 12.1 Å². The summed E-state index contributed by atoms with van der Waals surface area (Å²) in [6, 6.07) is 26.8. The summed E-state index contributed by atoms with van der Waals surface area (Å²) in [5.74, 6) is -0.667. The molecule has 46 heavy (non-hydrogen) atoms. The number of hydrogen-bond acceptors (Lipinski definition) is 6. The number of esters is 1. The van der Waals surface area contributed by atoms with Gasteiger partial charge in [-0.05, 0) is 78.2 Å². The smallest absolute Gasteiger partial charge is 0.416 e. The number of carbonyl (C=O) groups excluding carboxylic acids is 1. The van der Waals surface area contributed by atoms with E-state index in [-0.39, 0.29) is 25.7 Å². The van der Waals surface area contributed by atoms with E-state index >= 15 is 0 Å². The Morgan fingerprint density at radius 1 is 0.978 bits per heavy atom. The molecule has 0 bridgehead atoms. The van der Waals surface area contributed by atoms with Crippen LogP contribution in [0.5, 0.6) is 5.75 Å². The Morgan fingerprint density at radius 2 is 1.70 bits per heavy atom. The number of hydrazone groups is 1. The second kappa shape index (κ2) is 13.4. The van der Waals surface area contributed by atoms with Gasteiger partial charge in [-0.2, -0.15) is 26.7 Å². The number of ether oxygens (including phenoxy) is 2. The second-order valence-corrected chi connectivity index (χ2v) is 11.8. The third-order valence-corrected chi connectivity index (χ3v) is 8.32. The number of hydrogen-bond donors (Lipinski definition) is 1. The molecule has 1 heterocycles. The van der Waals surface area contributed by atoms with E-state index in [1.807, 2.05) is 36.4 Å². The molecule has 238 valence electrons. The number of nitrogens with zero attached hydrogens (tertiary/aromatic N) is 3. The van der Waals surface area contributed by atoms with Gasteiger partial charge in [0.2, 0.25) is 5.96 Å². The van der Waals surface area contributed by atoms with E-state index in [2.05, 4.69) is 9.50 Å². The Kier molecular flexibility index (Phi) is 9.42.